The average Bonchev–Trinajstić information content (AvgIpc) is 3.99. The number of β-amino-alcohol motifs (C(OH)–C–C–N with tert-alkyl or cyclic N) is 1. The number of carboxylic acid groups (broad SMARTS) is 1. The maximum atomic E-state index is 11.7. The first-order valence-corrected chi connectivity index (χ1v) is 18.9. The molecule has 0 amide bonds. The normalized spacial score (nSPS) is 20.1. The van der Waals surface area contributed by atoms with Crippen molar-refractivity contribution in [3.05, 3.63) is 106 Å². The summed E-state index contributed by atoms with van der Waals surface area (Å²) in [5, 5.41) is 35.8. The van der Waals surface area contributed by atoms with Crippen LogP contribution in [-0.2, 0) is 17.8 Å². The van der Waals surface area contributed by atoms with Gasteiger partial charge < -0.3 is 19.9 Å². The van der Waals surface area contributed by atoms with Crippen LogP contribution in [0.1, 0.15) is 53.1 Å². The number of nitriles is 1. The minimum absolute atomic E-state index is 0.0860. The van der Waals surface area contributed by atoms with Crippen LogP contribution in [0.3, 0.4) is 0 Å². The van der Waals surface area contributed by atoms with Crippen LogP contribution in [0.4, 0.5) is 11.5 Å². The van der Waals surface area contributed by atoms with Crippen molar-refractivity contribution < 1.29 is 19.4 Å². The Morgan fingerprint density at radius 1 is 1.02 bits per heavy atom. The number of carbonyl (C=O) groups is 1. The molecule has 0 radical (unpaired) electrons. The van der Waals surface area contributed by atoms with E-state index in [1.807, 2.05) is 54.7 Å². The van der Waals surface area contributed by atoms with Crippen molar-refractivity contribution in [2.45, 2.75) is 51.3 Å². The van der Waals surface area contributed by atoms with Gasteiger partial charge in [-0.1, -0.05) is 35.9 Å². The van der Waals surface area contributed by atoms with Gasteiger partial charge in [0.25, 0.3) is 0 Å². The summed E-state index contributed by atoms with van der Waals surface area (Å²) in [6, 6.07) is 22.7. The quantitative estimate of drug-likeness (QED) is 0.140. The number of likely N-dealkylation sites (tertiary alicyclic amines) is 2. The largest absolute Gasteiger partial charge is 0.481 e. The van der Waals surface area contributed by atoms with Crippen molar-refractivity contribution in [3.8, 4) is 28.5 Å². The van der Waals surface area contributed by atoms with E-state index in [4.69, 9.17) is 21.0 Å². The third-order valence-corrected chi connectivity index (χ3v) is 12.0. The molecule has 6 aromatic rings. The zero-order valence-electron chi connectivity index (χ0n) is 29.8. The topological polar surface area (TPSA) is 139 Å². The number of aliphatic hydroxyl groups is 1. The maximum absolute atomic E-state index is 11.7. The zero-order chi connectivity index (χ0) is 37.1. The lowest BCUT2D eigenvalue weighted by molar-refractivity contribution is -0.141. The number of furan rings is 1. The molecule has 3 aliphatic rings. The highest BCUT2D eigenvalue weighted by Gasteiger charge is 2.37. The van der Waals surface area contributed by atoms with E-state index in [2.05, 4.69) is 45.2 Å². The lowest BCUT2D eigenvalue weighted by atomic mass is 9.96. The van der Waals surface area contributed by atoms with Crippen molar-refractivity contribution in [1.29, 1.82) is 5.26 Å². The summed E-state index contributed by atoms with van der Waals surface area (Å²) >= 11 is 7.24. The van der Waals surface area contributed by atoms with Crippen LogP contribution in [0.15, 0.2) is 77.5 Å². The van der Waals surface area contributed by atoms with Crippen LogP contribution in [-0.4, -0.2) is 68.2 Å². The van der Waals surface area contributed by atoms with Gasteiger partial charge >= 0.3 is 5.97 Å². The first kappa shape index (κ1) is 34.5. The molecule has 9 rings (SSSR count). The number of aromatic nitrogens is 2. The third kappa shape index (κ3) is 6.07. The van der Waals surface area contributed by atoms with Crippen LogP contribution in [0, 0.1) is 24.2 Å². The van der Waals surface area contributed by atoms with Gasteiger partial charge in [-0.15, -0.1) is 0 Å². The summed E-state index contributed by atoms with van der Waals surface area (Å²) in [5.41, 5.74) is 9.46. The monoisotopic (exact) mass is 738 g/mol. The Morgan fingerprint density at radius 3 is 2.65 bits per heavy atom. The molecule has 2 saturated heterocycles. The number of hydrogen-bond donors (Lipinski definition) is 3. The van der Waals surface area contributed by atoms with Gasteiger partial charge in [-0.3, -0.25) is 19.6 Å². The number of rotatable bonds is 8. The molecule has 54 heavy (non-hydrogen) atoms. The summed E-state index contributed by atoms with van der Waals surface area (Å²) < 4.78 is 6.47. The molecular formula is C43H39ClN6O4. The molecule has 0 saturated carbocycles. The summed E-state index contributed by atoms with van der Waals surface area (Å²) in [7, 11) is 0. The molecule has 2 aliphatic heterocycles. The molecule has 3 N–H and O–H groups in total. The van der Waals surface area contributed by atoms with Gasteiger partial charge in [0, 0.05) is 72.2 Å². The minimum atomic E-state index is -0.745. The van der Waals surface area contributed by atoms with Gasteiger partial charge in [-0.25, -0.2) is 4.98 Å². The van der Waals surface area contributed by atoms with E-state index < -0.39 is 5.97 Å². The fraction of sp³-hybridized carbons (Fsp3) is 0.302. The number of aliphatic carboxylic acids is 1. The van der Waals surface area contributed by atoms with E-state index in [-0.39, 0.29) is 18.1 Å². The number of fused-ring (bicyclic) bond motifs is 3. The molecule has 0 spiro atoms. The van der Waals surface area contributed by atoms with E-state index in [9.17, 15) is 20.3 Å². The van der Waals surface area contributed by atoms with Crippen molar-refractivity contribution in [1.82, 2.24) is 19.8 Å². The maximum Gasteiger partial charge on any atom is 0.307 e. The summed E-state index contributed by atoms with van der Waals surface area (Å²) in [5.74, 6) is 0.141. The highest BCUT2D eigenvalue weighted by Crippen LogP contribution is 2.46. The Labute approximate surface area is 317 Å². The van der Waals surface area contributed by atoms with Crippen LogP contribution in [0.5, 0.6) is 0 Å². The molecule has 272 valence electrons. The van der Waals surface area contributed by atoms with E-state index in [0.29, 0.717) is 47.3 Å². The van der Waals surface area contributed by atoms with Crippen LogP contribution in [0.25, 0.3) is 44.3 Å². The Morgan fingerprint density at radius 2 is 1.85 bits per heavy atom. The van der Waals surface area contributed by atoms with Gasteiger partial charge in [0.1, 0.15) is 17.3 Å². The molecule has 10 nitrogen and oxygen atoms in total. The molecule has 0 unspecified atom stereocenters. The minimum Gasteiger partial charge on any atom is -0.481 e. The number of hydrogen-bond acceptors (Lipinski definition) is 9. The number of carboxylic acids is 1. The van der Waals surface area contributed by atoms with E-state index in [0.717, 1.165) is 99.8 Å². The third-order valence-electron chi connectivity index (χ3n) is 11.5. The smallest absolute Gasteiger partial charge is 0.307 e. The molecule has 0 bridgehead atoms. The molecule has 1 aliphatic carbocycles. The molecule has 11 heteroatoms. The highest BCUT2D eigenvalue weighted by atomic mass is 35.5. The number of nitrogens with zero attached hydrogens (tertiary/aromatic N) is 5. The van der Waals surface area contributed by atoms with Crippen molar-refractivity contribution >= 4 is 50.9 Å². The number of pyridine rings is 2. The highest BCUT2D eigenvalue weighted by molar-refractivity contribution is 6.36. The number of benzene rings is 3. The number of aliphatic hydroxyl groups excluding tert-OH is 1. The predicted octanol–water partition coefficient (Wildman–Crippen LogP) is 8.25. The molecule has 3 aromatic heterocycles. The summed E-state index contributed by atoms with van der Waals surface area (Å²) in [6.07, 6.45) is 6.47. The Hall–Kier alpha value is -5.31. The lowest BCUT2D eigenvalue weighted by Gasteiger charge is -2.24. The first-order valence-electron chi connectivity index (χ1n) is 18.5. The van der Waals surface area contributed by atoms with Crippen molar-refractivity contribution in [2.75, 3.05) is 31.5 Å². The van der Waals surface area contributed by atoms with Crippen molar-refractivity contribution in [3.63, 3.8) is 0 Å². The van der Waals surface area contributed by atoms with Gasteiger partial charge in [0.2, 0.25) is 0 Å². The molecule has 5 heterocycles. The molecular weight excluding hydrogens is 700 g/mol. The van der Waals surface area contributed by atoms with Crippen molar-refractivity contribution in [2.24, 2.45) is 5.92 Å². The van der Waals surface area contributed by atoms with Gasteiger partial charge in [0.15, 0.2) is 11.4 Å². The zero-order valence-corrected chi connectivity index (χ0v) is 30.6. The molecule has 3 atom stereocenters. The average molecular weight is 739 g/mol. The Bertz CT molecular complexity index is 2510. The number of anilines is 2. The summed E-state index contributed by atoms with van der Waals surface area (Å²) in [6.45, 7) is 5.63. The second-order valence-electron chi connectivity index (χ2n) is 14.9. The van der Waals surface area contributed by atoms with E-state index in [1.165, 1.54) is 0 Å². The van der Waals surface area contributed by atoms with Gasteiger partial charge in [-0.2, -0.15) is 5.26 Å². The van der Waals surface area contributed by atoms with E-state index in [1.54, 1.807) is 6.20 Å². The second kappa shape index (κ2) is 13.8. The Balaban J connectivity index is 1.01. The fourth-order valence-electron chi connectivity index (χ4n) is 8.77. The van der Waals surface area contributed by atoms with Crippen LogP contribution >= 0.6 is 11.6 Å². The number of halogens is 1. The SMILES string of the molecule is Cc1c(Nc2nccc3cc(CN4CC[C@@H](O)C4)cnc23)cccc1-c1cccc(-c2cc3cc4c(c(C#N)c3o2)CC[C@H]4N2CC[C@@H](C(=O)O)C2)c1Cl. The Kier molecular flexibility index (Phi) is 8.83. The second-order valence-corrected chi connectivity index (χ2v) is 15.2. The van der Waals surface area contributed by atoms with Crippen LogP contribution in [0.2, 0.25) is 5.02 Å². The first-order chi connectivity index (χ1) is 26.2. The standard InChI is InChI=1S/C43H39ClN6O4/c1-24-30(4-3-7-36(24)48-42-40-26(10-13-46-42)16-25(20-47-40)21-49-14-12-29(51)23-49)32-5-2-6-33(39(32)44)38-18-28-17-34-31(35(19-45)41(28)54-38)8-9-37(34)50-15-11-27(22-50)43(52)53/h2-7,10,13,16-18,20,27,29,37,51H,8-9,11-12,14-15,21-23H2,1H3,(H,46,48)(H,52,53)/t27-,29-,37-/m1/s1. The molecule has 2 fully saturated rings. The number of nitrogens with one attached hydrogen (secondary N) is 1. The fourth-order valence-corrected chi connectivity index (χ4v) is 9.09. The molecule has 3 aromatic carbocycles. The lowest BCUT2D eigenvalue weighted by Crippen LogP contribution is -2.26. The predicted molar refractivity (Wildman–Crippen MR) is 209 cm³/mol. The van der Waals surface area contributed by atoms with Gasteiger partial charge in [0.05, 0.1) is 22.6 Å². The summed E-state index contributed by atoms with van der Waals surface area (Å²) in [4.78, 5) is 25.6. The van der Waals surface area contributed by atoms with Gasteiger partial charge in [-0.05, 0) is 103 Å². The van der Waals surface area contributed by atoms with Crippen LogP contribution < -0.4 is 5.32 Å². The van der Waals surface area contributed by atoms with E-state index >= 15 is 0 Å².